The van der Waals surface area contributed by atoms with E-state index in [1.54, 1.807) is 36.4 Å². The smallest absolute Gasteiger partial charge is 0.244 e. The average Bonchev–Trinajstić information content (AvgIpc) is 3.09. The van der Waals surface area contributed by atoms with E-state index in [-0.39, 0.29) is 24.9 Å². The first-order chi connectivity index (χ1) is 23.2. The number of hydrogen-bond acceptors (Lipinski definition) is 5. The first-order valence-electron chi connectivity index (χ1n) is 16.3. The molecule has 0 heterocycles. The Bertz CT molecular complexity index is 1730. The van der Waals surface area contributed by atoms with Crippen LogP contribution in [0.15, 0.2) is 109 Å². The van der Waals surface area contributed by atoms with Crippen molar-refractivity contribution < 1.29 is 22.7 Å². The van der Waals surface area contributed by atoms with Crippen molar-refractivity contribution in [3.05, 3.63) is 131 Å². The summed E-state index contributed by atoms with van der Waals surface area (Å²) in [5, 5.41) is 3.76. The number of anilines is 1. The van der Waals surface area contributed by atoms with Crippen molar-refractivity contribution in [1.82, 2.24) is 10.2 Å². The number of rotatable bonds is 14. The Morgan fingerprint density at radius 1 is 0.812 bits per heavy atom. The summed E-state index contributed by atoms with van der Waals surface area (Å²) in [5.41, 5.74) is 2.97. The number of carbonyl (C=O) groups is 2. The zero-order valence-electron chi connectivity index (χ0n) is 27.1. The SMILES string of the molecule is CS(=O)(=O)N(CC(=O)N(Cc1ccc(Cl)cc1)[C@@H](Cc1ccccc1)C(=O)NC1CCCCC1)c1ccc(OCc2ccccc2)cc1. The number of nitrogens with zero attached hydrogens (tertiary/aromatic N) is 2. The minimum Gasteiger partial charge on any atom is -0.489 e. The Balaban J connectivity index is 1.43. The molecule has 1 aliphatic carbocycles. The lowest BCUT2D eigenvalue weighted by Crippen LogP contribution is -2.55. The molecule has 0 bridgehead atoms. The number of hydrogen-bond donors (Lipinski definition) is 1. The topological polar surface area (TPSA) is 96.0 Å². The molecule has 0 unspecified atom stereocenters. The standard InChI is InChI=1S/C38H42ClN3O5S/c1-48(45,46)42(34-21-23-35(24-22-34)47-28-31-13-7-3-8-14-31)27-37(43)41(26-30-17-19-32(39)20-18-30)36(25-29-11-5-2-6-12-29)38(44)40-33-15-9-4-10-16-33/h2-3,5-8,11-14,17-24,33,36H,4,9-10,15-16,25-28H2,1H3,(H,40,44)/t36-/m0/s1. The molecule has 0 saturated heterocycles. The summed E-state index contributed by atoms with van der Waals surface area (Å²) in [7, 11) is -3.89. The lowest BCUT2D eigenvalue weighted by Gasteiger charge is -2.35. The second-order valence-electron chi connectivity index (χ2n) is 12.2. The lowest BCUT2D eigenvalue weighted by molar-refractivity contribution is -0.140. The molecule has 10 heteroatoms. The molecule has 48 heavy (non-hydrogen) atoms. The summed E-state index contributed by atoms with van der Waals surface area (Å²) in [5.74, 6) is -0.188. The van der Waals surface area contributed by atoms with E-state index in [1.807, 2.05) is 72.8 Å². The van der Waals surface area contributed by atoms with Gasteiger partial charge in [-0.15, -0.1) is 0 Å². The first-order valence-corrected chi connectivity index (χ1v) is 18.5. The van der Waals surface area contributed by atoms with Gasteiger partial charge in [-0.05, 0) is 65.9 Å². The first kappa shape index (κ1) is 35.0. The van der Waals surface area contributed by atoms with E-state index >= 15 is 0 Å². The fourth-order valence-electron chi connectivity index (χ4n) is 5.95. The van der Waals surface area contributed by atoms with Crippen LogP contribution in [-0.2, 0) is 39.2 Å². The van der Waals surface area contributed by atoms with Crippen molar-refractivity contribution in [2.24, 2.45) is 0 Å². The number of ether oxygens (including phenoxy) is 1. The summed E-state index contributed by atoms with van der Waals surface area (Å²) in [6, 6.07) is 32.1. The van der Waals surface area contributed by atoms with Crippen LogP contribution in [0.4, 0.5) is 5.69 Å². The van der Waals surface area contributed by atoms with Gasteiger partial charge in [-0.1, -0.05) is 104 Å². The molecule has 1 N–H and O–H groups in total. The number of nitrogens with one attached hydrogen (secondary N) is 1. The largest absolute Gasteiger partial charge is 0.489 e. The van der Waals surface area contributed by atoms with Crippen molar-refractivity contribution in [2.45, 2.75) is 63.8 Å². The highest BCUT2D eigenvalue weighted by atomic mass is 35.5. The zero-order chi connectivity index (χ0) is 33.9. The van der Waals surface area contributed by atoms with Crippen molar-refractivity contribution in [1.29, 1.82) is 0 Å². The van der Waals surface area contributed by atoms with E-state index in [1.165, 1.54) is 4.90 Å². The molecule has 8 nitrogen and oxygen atoms in total. The monoisotopic (exact) mass is 687 g/mol. The Kier molecular flexibility index (Phi) is 12.1. The Morgan fingerprint density at radius 3 is 2.02 bits per heavy atom. The van der Waals surface area contributed by atoms with E-state index in [0.29, 0.717) is 23.1 Å². The molecular weight excluding hydrogens is 646 g/mol. The number of benzene rings is 4. The van der Waals surface area contributed by atoms with E-state index in [0.717, 1.165) is 59.4 Å². The molecule has 0 aromatic heterocycles. The molecule has 1 aliphatic rings. The number of halogens is 1. The van der Waals surface area contributed by atoms with E-state index in [4.69, 9.17) is 16.3 Å². The van der Waals surface area contributed by atoms with Crippen LogP contribution in [0.25, 0.3) is 0 Å². The van der Waals surface area contributed by atoms with Crippen molar-refractivity contribution in [2.75, 3.05) is 17.1 Å². The van der Waals surface area contributed by atoms with E-state index < -0.39 is 28.5 Å². The quantitative estimate of drug-likeness (QED) is 0.158. The highest BCUT2D eigenvalue weighted by molar-refractivity contribution is 7.92. The van der Waals surface area contributed by atoms with Gasteiger partial charge in [0.15, 0.2) is 0 Å². The third-order valence-corrected chi connectivity index (χ3v) is 9.93. The lowest BCUT2D eigenvalue weighted by atomic mass is 9.94. The van der Waals surface area contributed by atoms with E-state index in [2.05, 4.69) is 5.32 Å². The van der Waals surface area contributed by atoms with Gasteiger partial charge in [0.1, 0.15) is 24.9 Å². The third kappa shape index (κ3) is 10.1. The van der Waals surface area contributed by atoms with Gasteiger partial charge in [0.2, 0.25) is 21.8 Å². The molecule has 252 valence electrons. The van der Waals surface area contributed by atoms with Crippen LogP contribution in [-0.4, -0.2) is 50.0 Å². The molecule has 2 amide bonds. The molecule has 4 aromatic rings. The van der Waals surface area contributed by atoms with Gasteiger partial charge in [0.05, 0.1) is 11.9 Å². The molecular formula is C38H42ClN3O5S. The van der Waals surface area contributed by atoms with Gasteiger partial charge >= 0.3 is 0 Å². The van der Waals surface area contributed by atoms with Crippen LogP contribution in [0.3, 0.4) is 0 Å². The molecule has 5 rings (SSSR count). The van der Waals surface area contributed by atoms with Crippen LogP contribution in [0.2, 0.25) is 5.02 Å². The van der Waals surface area contributed by atoms with Crippen molar-refractivity contribution in [3.63, 3.8) is 0 Å². The Labute approximate surface area is 288 Å². The fraction of sp³-hybridized carbons (Fsp3) is 0.316. The highest BCUT2D eigenvalue weighted by Crippen LogP contribution is 2.25. The predicted molar refractivity (Wildman–Crippen MR) is 190 cm³/mol. The summed E-state index contributed by atoms with van der Waals surface area (Å²) < 4.78 is 33.3. The van der Waals surface area contributed by atoms with Crippen LogP contribution in [0.5, 0.6) is 5.75 Å². The van der Waals surface area contributed by atoms with Gasteiger partial charge < -0.3 is 15.0 Å². The summed E-state index contributed by atoms with van der Waals surface area (Å²) in [6.45, 7) is -0.0338. The zero-order valence-corrected chi connectivity index (χ0v) is 28.7. The molecule has 0 spiro atoms. The molecule has 1 fully saturated rings. The van der Waals surface area contributed by atoms with Gasteiger partial charge in [-0.3, -0.25) is 13.9 Å². The van der Waals surface area contributed by atoms with Crippen LogP contribution < -0.4 is 14.4 Å². The summed E-state index contributed by atoms with van der Waals surface area (Å²) >= 11 is 6.16. The molecule has 0 radical (unpaired) electrons. The third-order valence-electron chi connectivity index (χ3n) is 8.54. The van der Waals surface area contributed by atoms with Gasteiger partial charge in [-0.2, -0.15) is 0 Å². The number of carbonyl (C=O) groups excluding carboxylic acids is 2. The van der Waals surface area contributed by atoms with Gasteiger partial charge in [-0.25, -0.2) is 8.42 Å². The maximum atomic E-state index is 14.4. The van der Waals surface area contributed by atoms with Crippen LogP contribution in [0.1, 0.15) is 48.8 Å². The Morgan fingerprint density at radius 2 is 1.42 bits per heavy atom. The van der Waals surface area contributed by atoms with Crippen molar-refractivity contribution >= 4 is 39.1 Å². The van der Waals surface area contributed by atoms with Gasteiger partial charge in [0, 0.05) is 24.0 Å². The van der Waals surface area contributed by atoms with E-state index in [9.17, 15) is 18.0 Å². The second-order valence-corrected chi connectivity index (χ2v) is 14.6. The minimum atomic E-state index is -3.89. The number of sulfonamides is 1. The normalized spacial score (nSPS) is 14.1. The summed E-state index contributed by atoms with van der Waals surface area (Å²) in [6.07, 6.45) is 6.35. The fourth-order valence-corrected chi connectivity index (χ4v) is 6.92. The summed E-state index contributed by atoms with van der Waals surface area (Å²) in [4.78, 5) is 30.0. The van der Waals surface area contributed by atoms with Crippen LogP contribution >= 0.6 is 11.6 Å². The molecule has 1 atom stereocenters. The second kappa shape index (κ2) is 16.7. The maximum absolute atomic E-state index is 14.4. The highest BCUT2D eigenvalue weighted by Gasteiger charge is 2.34. The Hall–Kier alpha value is -4.34. The van der Waals surface area contributed by atoms with Gasteiger partial charge in [0.25, 0.3) is 0 Å². The average molecular weight is 688 g/mol. The minimum absolute atomic E-state index is 0.0344. The molecule has 4 aromatic carbocycles. The predicted octanol–water partition coefficient (Wildman–Crippen LogP) is 6.77. The van der Waals surface area contributed by atoms with Crippen molar-refractivity contribution in [3.8, 4) is 5.75 Å². The number of amides is 2. The maximum Gasteiger partial charge on any atom is 0.244 e. The van der Waals surface area contributed by atoms with Crippen LogP contribution in [0, 0.1) is 0 Å². The molecule has 1 saturated carbocycles. The molecule has 0 aliphatic heterocycles.